The van der Waals surface area contributed by atoms with Crippen molar-refractivity contribution in [3.8, 4) is 0 Å². The van der Waals surface area contributed by atoms with Crippen molar-refractivity contribution in [3.63, 3.8) is 0 Å². The number of likely N-dealkylation sites (tertiary alicyclic amines) is 1. The topological polar surface area (TPSA) is 37.4 Å². The number of hydrogen-bond acceptors (Lipinski definition) is 3. The van der Waals surface area contributed by atoms with Gasteiger partial charge in [0.25, 0.3) is 0 Å². The molecule has 0 aliphatic carbocycles. The molecule has 1 aromatic carbocycles. The number of nitrogens with zero attached hydrogens (tertiary/aromatic N) is 1. The van der Waals surface area contributed by atoms with Crippen LogP contribution in [0.15, 0.2) is 29.2 Å². The van der Waals surface area contributed by atoms with Crippen LogP contribution in [0.3, 0.4) is 0 Å². The summed E-state index contributed by atoms with van der Waals surface area (Å²) < 4.78 is 122. The molecule has 0 radical (unpaired) electrons. The Morgan fingerprint density at radius 3 is 3.16 bits per heavy atom. The molecule has 0 bridgehead atoms. The van der Waals surface area contributed by atoms with Crippen LogP contribution in [0.4, 0.5) is 0 Å². The van der Waals surface area contributed by atoms with Crippen molar-refractivity contribution in [1.29, 1.82) is 0 Å². The van der Waals surface area contributed by atoms with Gasteiger partial charge in [0.2, 0.25) is 0 Å². The van der Waals surface area contributed by atoms with E-state index in [1.165, 1.54) is 0 Å². The molecule has 0 spiro atoms. The minimum atomic E-state index is -4.92. The first-order valence-electron chi connectivity index (χ1n) is 11.8. The largest absolute Gasteiger partial charge is 0.303 e. The van der Waals surface area contributed by atoms with E-state index in [0.29, 0.717) is 11.0 Å². The molecule has 4 heteroatoms. The Morgan fingerprint density at radius 1 is 1.58 bits per heavy atom. The van der Waals surface area contributed by atoms with E-state index >= 15 is 0 Å². The maximum absolute atomic E-state index is 12.4. The van der Waals surface area contributed by atoms with E-state index in [-0.39, 0.29) is 13.0 Å². The Balaban J connectivity index is 2.90. The maximum atomic E-state index is 12.4. The van der Waals surface area contributed by atoms with Gasteiger partial charge in [0.05, 0.1) is 4.90 Å². The molecule has 1 atom stereocenters. The van der Waals surface area contributed by atoms with Crippen LogP contribution in [0, 0.1) is 0 Å². The molecule has 1 aromatic rings. The van der Waals surface area contributed by atoms with E-state index < -0.39 is 58.1 Å². The molecule has 1 aliphatic rings. The summed E-state index contributed by atoms with van der Waals surface area (Å²) in [5.41, 5.74) is -0.631. The molecule has 19 heavy (non-hydrogen) atoms. The number of benzene rings is 1. The van der Waals surface area contributed by atoms with Crippen molar-refractivity contribution in [2.24, 2.45) is 0 Å². The third kappa shape index (κ3) is 3.80. The van der Waals surface area contributed by atoms with E-state index in [1.807, 2.05) is 0 Å². The highest BCUT2D eigenvalue weighted by Gasteiger charge is 2.21. The Bertz CT molecular complexity index is 959. The minimum Gasteiger partial charge on any atom is -0.303 e. The molecule has 1 aliphatic heterocycles. The molecular formula is C15H23NO2S. The molecular weight excluding hydrogens is 258 g/mol. The first-order chi connectivity index (χ1) is 13.7. The lowest BCUT2D eigenvalue weighted by molar-refractivity contribution is 0.208. The Labute approximate surface area is 133 Å². The second kappa shape index (κ2) is 6.06. The molecule has 3 nitrogen and oxygen atoms in total. The molecule has 0 aromatic heterocycles. The Morgan fingerprint density at radius 2 is 2.42 bits per heavy atom. The quantitative estimate of drug-likeness (QED) is 0.856. The van der Waals surface area contributed by atoms with Crippen LogP contribution in [0.1, 0.15) is 54.0 Å². The van der Waals surface area contributed by atoms with Crippen LogP contribution in [-0.4, -0.2) is 39.0 Å². The average molecular weight is 293 g/mol. The highest BCUT2D eigenvalue weighted by atomic mass is 32.2. The zero-order valence-electron chi connectivity index (χ0n) is 22.4. The summed E-state index contributed by atoms with van der Waals surface area (Å²) in [5, 5.41) is 0. The Kier molecular flexibility index (Phi) is 1.75. The van der Waals surface area contributed by atoms with Crippen molar-refractivity contribution >= 4 is 9.84 Å². The first-order valence-corrected chi connectivity index (χ1v) is 7.27. The summed E-state index contributed by atoms with van der Waals surface area (Å²) in [4.78, 5) is -0.376. The van der Waals surface area contributed by atoms with E-state index in [0.717, 1.165) is 18.2 Å². The van der Waals surface area contributed by atoms with Gasteiger partial charge >= 0.3 is 0 Å². The van der Waals surface area contributed by atoms with Gasteiger partial charge in [0.1, 0.15) is 0 Å². The van der Waals surface area contributed by atoms with Gasteiger partial charge in [-0.05, 0) is 55.8 Å². The fourth-order valence-corrected chi connectivity index (χ4v) is 2.18. The van der Waals surface area contributed by atoms with E-state index in [1.54, 1.807) is 6.92 Å². The van der Waals surface area contributed by atoms with Crippen molar-refractivity contribution in [3.05, 3.63) is 29.8 Å². The number of sulfone groups is 1. The van der Waals surface area contributed by atoms with Gasteiger partial charge in [-0.2, -0.15) is 0 Å². The van der Waals surface area contributed by atoms with Crippen LogP contribution in [0.2, 0.25) is 0 Å². The third-order valence-electron chi connectivity index (χ3n) is 2.51. The first kappa shape index (κ1) is 5.49. The molecule has 1 unspecified atom stereocenters. The van der Waals surface area contributed by atoms with Gasteiger partial charge < -0.3 is 4.90 Å². The molecule has 0 N–H and O–H groups in total. The van der Waals surface area contributed by atoms with Gasteiger partial charge in [-0.1, -0.05) is 19.1 Å². The standard InChI is InChI=1S/C15H23NO2S/c1-3-9-16-10-5-7-14(12-16)13-6-4-8-15(11-13)19(2,17)18/h4,6,8,11,14H,3,5,7,9-10,12H2,1-2H3/i2D3,5D2,7D2,10D2,12D2,14D. The smallest absolute Gasteiger partial charge is 0.175 e. The summed E-state index contributed by atoms with van der Waals surface area (Å²) in [5.74, 6) is -3.16. The summed E-state index contributed by atoms with van der Waals surface area (Å²) in [6.45, 7) is -5.09. The zero-order valence-corrected chi connectivity index (χ0v) is 11.2. The molecule has 0 amide bonds. The number of hydrogen-bond donors (Lipinski definition) is 0. The lowest BCUT2D eigenvalue weighted by atomic mass is 9.90. The Hall–Kier alpha value is -0.870. The summed E-state index contributed by atoms with van der Waals surface area (Å²) >= 11 is 0. The summed E-state index contributed by atoms with van der Waals surface area (Å²) in [6, 6.07) is 3.56. The lowest BCUT2D eigenvalue weighted by Gasteiger charge is -2.32. The molecule has 106 valence electrons. The monoisotopic (exact) mass is 293 g/mol. The second-order valence-electron chi connectivity index (χ2n) is 4.03. The van der Waals surface area contributed by atoms with E-state index in [2.05, 4.69) is 0 Å². The SMILES string of the molecule is [2H]C1([2H])N(CCC)C([2H])([2H])C([2H])(c2cccc(S(=O)(=O)C([2H])([2H])[2H])c2)C([2H])([2H])C1([2H])[2H]. The zero-order chi connectivity index (χ0) is 24.5. The lowest BCUT2D eigenvalue weighted by Crippen LogP contribution is -2.34. The van der Waals surface area contributed by atoms with Crippen molar-refractivity contribution in [1.82, 2.24) is 4.90 Å². The van der Waals surface area contributed by atoms with Crippen molar-refractivity contribution < 1.29 is 24.9 Å². The molecule has 2 rings (SSSR count). The van der Waals surface area contributed by atoms with Crippen LogP contribution in [-0.2, 0) is 9.84 Å². The predicted octanol–water partition coefficient (Wildman–Crippen LogP) is 2.68. The predicted molar refractivity (Wildman–Crippen MR) is 78.3 cm³/mol. The maximum Gasteiger partial charge on any atom is 0.175 e. The van der Waals surface area contributed by atoms with Gasteiger partial charge in [-0.3, -0.25) is 0 Å². The van der Waals surface area contributed by atoms with Crippen LogP contribution >= 0.6 is 0 Å². The van der Waals surface area contributed by atoms with Gasteiger partial charge in [0.15, 0.2) is 9.84 Å². The highest BCUT2D eigenvalue weighted by molar-refractivity contribution is 7.90. The van der Waals surface area contributed by atoms with Gasteiger partial charge in [-0.15, -0.1) is 0 Å². The molecule has 0 saturated carbocycles. The van der Waals surface area contributed by atoms with Crippen molar-refractivity contribution in [2.45, 2.75) is 36.9 Å². The van der Waals surface area contributed by atoms with Gasteiger partial charge in [0, 0.05) is 29.1 Å². The molecule has 1 saturated heterocycles. The second-order valence-corrected chi connectivity index (χ2v) is 5.51. The highest BCUT2D eigenvalue weighted by Crippen LogP contribution is 2.28. The van der Waals surface area contributed by atoms with Crippen LogP contribution in [0.25, 0.3) is 0 Å². The third-order valence-corrected chi connectivity index (χ3v) is 3.38. The fourth-order valence-electron chi connectivity index (χ4n) is 1.64. The number of rotatable bonds is 4. The van der Waals surface area contributed by atoms with Crippen molar-refractivity contribution in [2.75, 3.05) is 25.7 Å². The normalized spacial score (nSPS) is 45.9. The van der Waals surface area contributed by atoms with Gasteiger partial charge in [-0.25, -0.2) is 8.42 Å². The average Bonchev–Trinajstić information content (AvgIpc) is 2.62. The summed E-state index contributed by atoms with van der Waals surface area (Å²) in [7, 11) is -4.92. The fraction of sp³-hybridized carbons (Fsp3) is 0.600. The molecule has 1 fully saturated rings. The molecule has 1 heterocycles. The minimum absolute atomic E-state index is 0.154. The van der Waals surface area contributed by atoms with Crippen LogP contribution < -0.4 is 0 Å². The summed E-state index contributed by atoms with van der Waals surface area (Å²) in [6.07, 6.45) is -10.2. The van der Waals surface area contributed by atoms with E-state index in [9.17, 15) is 8.42 Å². The van der Waals surface area contributed by atoms with Crippen LogP contribution in [0.5, 0.6) is 0 Å². The number of piperidine rings is 1. The van der Waals surface area contributed by atoms with E-state index in [4.69, 9.17) is 16.4 Å².